The molecule has 1 unspecified atom stereocenters. The van der Waals surface area contributed by atoms with E-state index >= 15 is 0 Å². The van der Waals surface area contributed by atoms with E-state index in [9.17, 15) is 9.59 Å². The molecule has 0 saturated heterocycles. The molecule has 1 aromatic carbocycles. The van der Waals surface area contributed by atoms with Crippen molar-refractivity contribution in [2.45, 2.75) is 46.6 Å². The van der Waals surface area contributed by atoms with Gasteiger partial charge in [0.2, 0.25) is 0 Å². The molecule has 0 spiro atoms. The van der Waals surface area contributed by atoms with Crippen LogP contribution in [0, 0.1) is 20.8 Å². The molecule has 0 heterocycles. The molecule has 1 aromatic rings. The minimum absolute atomic E-state index is 0.201. The number of aliphatic carboxylic acids is 1. The van der Waals surface area contributed by atoms with Gasteiger partial charge in [0, 0.05) is 0 Å². The zero-order valence-corrected chi connectivity index (χ0v) is 13.2. The molecule has 1 rings (SSSR count). The van der Waals surface area contributed by atoms with Crippen molar-refractivity contribution < 1.29 is 19.4 Å². The smallest absolute Gasteiger partial charge is 0.329 e. The lowest BCUT2D eigenvalue weighted by molar-refractivity contribution is -0.147. The number of carboxylic acids is 1. The predicted molar refractivity (Wildman–Crippen MR) is 80.6 cm³/mol. The van der Waals surface area contributed by atoms with E-state index < -0.39 is 17.4 Å². The quantitative estimate of drug-likeness (QED) is 0.844. The van der Waals surface area contributed by atoms with Crippen LogP contribution in [0.2, 0.25) is 0 Å². The summed E-state index contributed by atoms with van der Waals surface area (Å²) in [5, 5.41) is 11.6. The molecule has 0 bridgehead atoms. The highest BCUT2D eigenvalue weighted by Gasteiger charge is 2.32. The summed E-state index contributed by atoms with van der Waals surface area (Å²) in [6.45, 7) is 8.82. The number of carbonyl (C=O) groups is 2. The second-order valence-corrected chi connectivity index (χ2v) is 5.56. The number of hydrogen-bond donors (Lipinski definition) is 2. The molecule has 5 heteroatoms. The Morgan fingerprint density at radius 1 is 1.24 bits per heavy atom. The number of carbonyl (C=O) groups excluding carboxylic acids is 1. The maximum atomic E-state index is 11.9. The second-order valence-electron chi connectivity index (χ2n) is 5.56. The van der Waals surface area contributed by atoms with E-state index in [1.807, 2.05) is 32.9 Å². The summed E-state index contributed by atoms with van der Waals surface area (Å²) in [5.74, 6) is -0.827. The van der Waals surface area contributed by atoms with Crippen LogP contribution in [-0.4, -0.2) is 29.1 Å². The van der Waals surface area contributed by atoms with Gasteiger partial charge in [0.05, 0.1) is 0 Å². The van der Waals surface area contributed by atoms with Crippen LogP contribution in [0.4, 0.5) is 0 Å². The van der Waals surface area contributed by atoms with Crippen molar-refractivity contribution in [3.05, 3.63) is 28.8 Å². The van der Waals surface area contributed by atoms with Gasteiger partial charge in [-0.1, -0.05) is 24.6 Å². The Kier molecular flexibility index (Phi) is 5.35. The zero-order chi connectivity index (χ0) is 16.2. The third kappa shape index (κ3) is 4.21. The van der Waals surface area contributed by atoms with Crippen molar-refractivity contribution in [3.63, 3.8) is 0 Å². The second kappa shape index (κ2) is 6.61. The lowest BCUT2D eigenvalue weighted by Crippen LogP contribution is -2.53. The SMILES string of the molecule is CCC(C)(NC(=O)COc1c(C)cc(C)cc1C)C(=O)O. The summed E-state index contributed by atoms with van der Waals surface area (Å²) < 4.78 is 5.55. The molecular weight excluding hydrogens is 270 g/mol. The molecule has 21 heavy (non-hydrogen) atoms. The van der Waals surface area contributed by atoms with Crippen LogP contribution >= 0.6 is 0 Å². The van der Waals surface area contributed by atoms with Crippen molar-refractivity contribution in [2.75, 3.05) is 6.61 Å². The Balaban J connectivity index is 2.72. The molecule has 2 N–H and O–H groups in total. The van der Waals surface area contributed by atoms with E-state index in [1.54, 1.807) is 6.92 Å². The molecule has 0 aliphatic carbocycles. The molecule has 0 radical (unpaired) electrons. The highest BCUT2D eigenvalue weighted by molar-refractivity contribution is 5.87. The fraction of sp³-hybridized carbons (Fsp3) is 0.500. The number of aryl methyl sites for hydroxylation is 3. The van der Waals surface area contributed by atoms with E-state index in [2.05, 4.69) is 5.32 Å². The summed E-state index contributed by atoms with van der Waals surface area (Å²) in [6.07, 6.45) is 0.302. The van der Waals surface area contributed by atoms with Crippen molar-refractivity contribution in [1.29, 1.82) is 0 Å². The summed E-state index contributed by atoms with van der Waals surface area (Å²) >= 11 is 0. The standard InChI is InChI=1S/C16H23NO4/c1-6-16(5,15(19)20)17-13(18)9-21-14-11(3)7-10(2)8-12(14)4/h7-8H,6,9H2,1-5H3,(H,17,18)(H,19,20). The topological polar surface area (TPSA) is 75.6 Å². The Morgan fingerprint density at radius 2 is 1.76 bits per heavy atom. The van der Waals surface area contributed by atoms with Gasteiger partial charge in [0.1, 0.15) is 11.3 Å². The third-order valence-corrected chi connectivity index (χ3v) is 3.55. The van der Waals surface area contributed by atoms with Crippen LogP contribution in [0.3, 0.4) is 0 Å². The van der Waals surface area contributed by atoms with Gasteiger partial charge in [-0.05, 0) is 45.2 Å². The minimum atomic E-state index is -1.27. The maximum Gasteiger partial charge on any atom is 0.329 e. The van der Waals surface area contributed by atoms with Crippen LogP contribution in [-0.2, 0) is 9.59 Å². The maximum absolute atomic E-state index is 11.9. The average Bonchev–Trinajstić information content (AvgIpc) is 2.36. The number of benzene rings is 1. The van der Waals surface area contributed by atoms with Crippen molar-refractivity contribution in [3.8, 4) is 5.75 Å². The molecule has 0 aromatic heterocycles. The Hall–Kier alpha value is -2.04. The highest BCUT2D eigenvalue weighted by atomic mass is 16.5. The first kappa shape index (κ1) is 17.0. The van der Waals surface area contributed by atoms with E-state index in [0.29, 0.717) is 12.2 Å². The fourth-order valence-corrected chi connectivity index (χ4v) is 2.17. The van der Waals surface area contributed by atoms with Gasteiger partial charge in [-0.3, -0.25) is 4.79 Å². The highest BCUT2D eigenvalue weighted by Crippen LogP contribution is 2.24. The van der Waals surface area contributed by atoms with Crippen LogP contribution in [0.25, 0.3) is 0 Å². The Bertz CT molecular complexity index is 530. The Labute approximate surface area is 125 Å². The van der Waals surface area contributed by atoms with Crippen LogP contribution in [0.1, 0.15) is 37.0 Å². The van der Waals surface area contributed by atoms with Gasteiger partial charge < -0.3 is 15.2 Å². The summed E-state index contributed by atoms with van der Waals surface area (Å²) in [7, 11) is 0. The fourth-order valence-electron chi connectivity index (χ4n) is 2.17. The molecule has 116 valence electrons. The van der Waals surface area contributed by atoms with Gasteiger partial charge in [-0.2, -0.15) is 0 Å². The van der Waals surface area contributed by atoms with E-state index in [0.717, 1.165) is 16.7 Å². The lowest BCUT2D eigenvalue weighted by Gasteiger charge is -2.24. The lowest BCUT2D eigenvalue weighted by atomic mass is 9.99. The molecule has 0 aliphatic rings. The molecule has 1 atom stereocenters. The number of carboxylic acid groups (broad SMARTS) is 1. The summed E-state index contributed by atoms with van der Waals surface area (Å²) in [6, 6.07) is 3.96. The number of rotatable bonds is 6. The number of ether oxygens (including phenoxy) is 1. The normalized spacial score (nSPS) is 13.4. The minimum Gasteiger partial charge on any atom is -0.483 e. The predicted octanol–water partition coefficient (Wildman–Crippen LogP) is 2.36. The summed E-state index contributed by atoms with van der Waals surface area (Å²) in [4.78, 5) is 23.0. The summed E-state index contributed by atoms with van der Waals surface area (Å²) in [5.41, 5.74) is 1.78. The van der Waals surface area contributed by atoms with E-state index in [4.69, 9.17) is 9.84 Å². The molecule has 0 aliphatic heterocycles. The molecule has 5 nitrogen and oxygen atoms in total. The first-order valence-electron chi connectivity index (χ1n) is 6.94. The van der Waals surface area contributed by atoms with E-state index in [1.165, 1.54) is 6.92 Å². The van der Waals surface area contributed by atoms with Gasteiger partial charge in [-0.25, -0.2) is 4.79 Å². The van der Waals surface area contributed by atoms with Crippen molar-refractivity contribution >= 4 is 11.9 Å². The number of hydrogen-bond acceptors (Lipinski definition) is 3. The van der Waals surface area contributed by atoms with Crippen molar-refractivity contribution in [2.24, 2.45) is 0 Å². The van der Waals surface area contributed by atoms with Crippen molar-refractivity contribution in [1.82, 2.24) is 5.32 Å². The average molecular weight is 293 g/mol. The molecule has 0 saturated carbocycles. The first-order valence-corrected chi connectivity index (χ1v) is 6.94. The molecular formula is C16H23NO4. The van der Waals surface area contributed by atoms with E-state index in [-0.39, 0.29) is 6.61 Å². The van der Waals surface area contributed by atoms with Gasteiger partial charge in [-0.15, -0.1) is 0 Å². The van der Waals surface area contributed by atoms with Crippen LogP contribution < -0.4 is 10.1 Å². The largest absolute Gasteiger partial charge is 0.483 e. The molecule has 1 amide bonds. The zero-order valence-electron chi connectivity index (χ0n) is 13.2. The van der Waals surface area contributed by atoms with Gasteiger partial charge in [0.15, 0.2) is 6.61 Å². The third-order valence-electron chi connectivity index (χ3n) is 3.55. The first-order chi connectivity index (χ1) is 9.69. The van der Waals surface area contributed by atoms with Crippen LogP contribution in [0.5, 0.6) is 5.75 Å². The number of nitrogens with one attached hydrogen (secondary N) is 1. The molecule has 0 fully saturated rings. The Morgan fingerprint density at radius 3 is 2.19 bits per heavy atom. The van der Waals surface area contributed by atoms with Gasteiger partial charge in [0.25, 0.3) is 5.91 Å². The van der Waals surface area contributed by atoms with Crippen LogP contribution in [0.15, 0.2) is 12.1 Å². The number of amides is 1. The van der Waals surface area contributed by atoms with Gasteiger partial charge >= 0.3 is 5.97 Å². The monoisotopic (exact) mass is 293 g/mol.